The molecule has 2 aromatic rings. The monoisotopic (exact) mass is 431 g/mol. The highest BCUT2D eigenvalue weighted by atomic mass is 35.5. The molecule has 1 aliphatic rings. The first-order valence-electron chi connectivity index (χ1n) is 9.92. The molecule has 0 spiro atoms. The zero-order valence-electron chi connectivity index (χ0n) is 17.4. The second kappa shape index (κ2) is 9.85. The van der Waals surface area contributed by atoms with E-state index < -0.39 is 5.97 Å². The van der Waals surface area contributed by atoms with E-state index in [0.29, 0.717) is 11.5 Å². The molecule has 1 unspecified atom stereocenters. The Labute approximate surface area is 181 Å². The lowest BCUT2D eigenvalue weighted by Gasteiger charge is -2.20. The first-order chi connectivity index (χ1) is 14.4. The molecule has 6 nitrogen and oxygen atoms in total. The van der Waals surface area contributed by atoms with Gasteiger partial charge >= 0.3 is 5.97 Å². The first-order valence-corrected chi connectivity index (χ1v) is 10.3. The number of benzene rings is 2. The quantitative estimate of drug-likeness (QED) is 0.662. The van der Waals surface area contributed by atoms with E-state index in [9.17, 15) is 9.59 Å². The highest BCUT2D eigenvalue weighted by Gasteiger charge is 2.18. The van der Waals surface area contributed by atoms with Gasteiger partial charge in [0.05, 0.1) is 30.8 Å². The van der Waals surface area contributed by atoms with Crippen LogP contribution in [0.2, 0.25) is 5.02 Å². The number of halogens is 1. The number of hydrogen-bond acceptors (Lipinski definition) is 5. The second-order valence-electron chi connectivity index (χ2n) is 7.29. The van der Waals surface area contributed by atoms with Crippen molar-refractivity contribution in [2.45, 2.75) is 38.6 Å². The Morgan fingerprint density at radius 2 is 1.80 bits per heavy atom. The van der Waals surface area contributed by atoms with E-state index in [0.717, 1.165) is 18.4 Å². The van der Waals surface area contributed by atoms with Crippen molar-refractivity contribution >= 4 is 23.5 Å². The molecule has 0 fully saturated rings. The first kappa shape index (κ1) is 22.0. The van der Waals surface area contributed by atoms with Crippen LogP contribution in [-0.2, 0) is 22.4 Å². The van der Waals surface area contributed by atoms with Crippen LogP contribution >= 0.6 is 11.6 Å². The van der Waals surface area contributed by atoms with Gasteiger partial charge in [-0.3, -0.25) is 4.79 Å². The van der Waals surface area contributed by atoms with Crippen molar-refractivity contribution in [2.75, 3.05) is 20.8 Å². The van der Waals surface area contributed by atoms with Crippen molar-refractivity contribution in [3.8, 4) is 11.5 Å². The highest BCUT2D eigenvalue weighted by molar-refractivity contribution is 6.32. The zero-order chi connectivity index (χ0) is 21.7. The zero-order valence-corrected chi connectivity index (χ0v) is 18.2. The van der Waals surface area contributed by atoms with Gasteiger partial charge in [0.15, 0.2) is 18.1 Å². The van der Waals surface area contributed by atoms with E-state index in [1.54, 1.807) is 0 Å². The number of carbonyl (C=O) groups is 2. The van der Waals surface area contributed by atoms with Crippen LogP contribution < -0.4 is 14.8 Å². The lowest BCUT2D eigenvalue weighted by molar-refractivity contribution is -0.124. The van der Waals surface area contributed by atoms with Crippen LogP contribution in [0.5, 0.6) is 11.5 Å². The molecule has 2 aromatic carbocycles. The Hall–Kier alpha value is -2.73. The molecule has 0 bridgehead atoms. The molecule has 160 valence electrons. The number of aryl methyl sites for hydroxylation is 2. The van der Waals surface area contributed by atoms with E-state index >= 15 is 0 Å². The van der Waals surface area contributed by atoms with Gasteiger partial charge in [0.25, 0.3) is 5.91 Å². The van der Waals surface area contributed by atoms with Crippen LogP contribution in [0.3, 0.4) is 0 Å². The molecule has 0 heterocycles. The van der Waals surface area contributed by atoms with Gasteiger partial charge in [-0.1, -0.05) is 29.8 Å². The Morgan fingerprint density at radius 3 is 2.50 bits per heavy atom. The highest BCUT2D eigenvalue weighted by Crippen LogP contribution is 2.36. The van der Waals surface area contributed by atoms with Crippen molar-refractivity contribution < 1.29 is 23.8 Å². The number of methoxy groups -OCH3 is 2. The van der Waals surface area contributed by atoms with Crippen LogP contribution in [0.4, 0.5) is 0 Å². The smallest absolute Gasteiger partial charge is 0.338 e. The molecule has 1 amide bonds. The predicted octanol–water partition coefficient (Wildman–Crippen LogP) is 4.27. The number of carbonyl (C=O) groups excluding carboxylic acids is 2. The maximum atomic E-state index is 12.3. The minimum atomic E-state index is -0.672. The van der Waals surface area contributed by atoms with Crippen LogP contribution in [0.15, 0.2) is 30.3 Å². The summed E-state index contributed by atoms with van der Waals surface area (Å²) in [5.74, 6) is -0.413. The third-order valence-corrected chi connectivity index (χ3v) is 5.53. The summed E-state index contributed by atoms with van der Waals surface area (Å²) in [5, 5.41) is 3.09. The van der Waals surface area contributed by atoms with Gasteiger partial charge in [-0.05, 0) is 61.4 Å². The van der Waals surface area contributed by atoms with E-state index in [2.05, 4.69) is 17.4 Å². The second-order valence-corrected chi connectivity index (χ2v) is 7.70. The molecule has 30 heavy (non-hydrogen) atoms. The topological polar surface area (TPSA) is 73.9 Å². The molecule has 1 aliphatic carbocycles. The number of nitrogens with one attached hydrogen (secondary N) is 1. The minimum absolute atomic E-state index is 0.174. The van der Waals surface area contributed by atoms with Gasteiger partial charge in [-0.2, -0.15) is 0 Å². The lowest BCUT2D eigenvalue weighted by Crippen LogP contribution is -2.31. The molecule has 0 saturated carbocycles. The molecular weight excluding hydrogens is 406 g/mol. The maximum Gasteiger partial charge on any atom is 0.338 e. The molecule has 7 heteroatoms. The maximum absolute atomic E-state index is 12.3. The molecular formula is C23H26ClNO5. The fraction of sp³-hybridized carbons (Fsp3) is 0.391. The summed E-state index contributed by atoms with van der Waals surface area (Å²) < 4.78 is 15.5. The van der Waals surface area contributed by atoms with Crippen LogP contribution in [0, 0.1) is 0 Å². The Bertz CT molecular complexity index is 943. The average molecular weight is 432 g/mol. The van der Waals surface area contributed by atoms with Crippen LogP contribution in [0.25, 0.3) is 0 Å². The van der Waals surface area contributed by atoms with Gasteiger partial charge in [-0.25, -0.2) is 4.79 Å². The summed E-state index contributed by atoms with van der Waals surface area (Å²) in [6.45, 7) is 1.53. The third-order valence-electron chi connectivity index (χ3n) is 5.25. The van der Waals surface area contributed by atoms with E-state index in [-0.39, 0.29) is 29.1 Å². The molecule has 1 atom stereocenters. The van der Waals surface area contributed by atoms with Crippen molar-refractivity contribution in [1.82, 2.24) is 5.32 Å². The van der Waals surface area contributed by atoms with Gasteiger partial charge in [0.2, 0.25) is 0 Å². The number of fused-ring (bicyclic) bond motifs is 1. The summed E-state index contributed by atoms with van der Waals surface area (Å²) in [6.07, 6.45) is 4.63. The number of hydrogen-bond donors (Lipinski definition) is 1. The summed E-state index contributed by atoms with van der Waals surface area (Å²) in [5.41, 5.74) is 3.97. The Kier molecular flexibility index (Phi) is 7.21. The minimum Gasteiger partial charge on any atom is -0.493 e. The number of esters is 1. The van der Waals surface area contributed by atoms with Gasteiger partial charge in [-0.15, -0.1) is 0 Å². The number of ether oxygens (including phenoxy) is 3. The fourth-order valence-electron chi connectivity index (χ4n) is 3.64. The van der Waals surface area contributed by atoms with Gasteiger partial charge < -0.3 is 19.5 Å². The average Bonchev–Trinajstić information content (AvgIpc) is 2.76. The molecule has 1 N–H and O–H groups in total. The largest absolute Gasteiger partial charge is 0.493 e. The van der Waals surface area contributed by atoms with Crippen molar-refractivity contribution in [1.29, 1.82) is 0 Å². The standard InChI is InChI=1S/C23H26ClNO5/c1-14(16-9-8-15-6-4-5-7-17(15)10-16)25-21(26)13-30-23(27)18-11-19(24)22(29-3)20(12-18)28-2/h8-12,14H,4-7,13H2,1-3H3,(H,25,26). The van der Waals surface area contributed by atoms with Gasteiger partial charge in [0, 0.05) is 0 Å². The molecule has 3 rings (SSSR count). The molecule has 0 aliphatic heterocycles. The number of amides is 1. The van der Waals surface area contributed by atoms with E-state index in [1.165, 1.54) is 50.3 Å². The normalized spacial score (nSPS) is 13.7. The SMILES string of the molecule is COc1cc(C(=O)OCC(=O)NC(C)c2ccc3c(c2)CCCC3)cc(Cl)c1OC. The lowest BCUT2D eigenvalue weighted by atomic mass is 9.89. The van der Waals surface area contributed by atoms with Crippen molar-refractivity contribution in [3.63, 3.8) is 0 Å². The molecule has 0 saturated heterocycles. The third kappa shape index (κ3) is 5.05. The van der Waals surface area contributed by atoms with E-state index in [4.69, 9.17) is 25.8 Å². The van der Waals surface area contributed by atoms with Crippen molar-refractivity contribution in [2.24, 2.45) is 0 Å². The summed E-state index contributed by atoms with van der Waals surface area (Å²) in [4.78, 5) is 24.6. The summed E-state index contributed by atoms with van der Waals surface area (Å²) in [7, 11) is 2.90. The fourth-order valence-corrected chi connectivity index (χ4v) is 3.93. The van der Waals surface area contributed by atoms with Crippen LogP contribution in [-0.4, -0.2) is 32.7 Å². The summed E-state index contributed by atoms with van der Waals surface area (Å²) >= 11 is 6.12. The summed E-state index contributed by atoms with van der Waals surface area (Å²) in [6, 6.07) is 9.05. The Balaban J connectivity index is 1.58. The van der Waals surface area contributed by atoms with Crippen molar-refractivity contribution in [3.05, 3.63) is 57.6 Å². The van der Waals surface area contributed by atoms with Crippen LogP contribution in [0.1, 0.15) is 52.9 Å². The number of rotatable bonds is 7. The molecule has 0 radical (unpaired) electrons. The molecule has 0 aromatic heterocycles. The Morgan fingerprint density at radius 1 is 1.07 bits per heavy atom. The predicted molar refractivity (Wildman–Crippen MR) is 114 cm³/mol. The van der Waals surface area contributed by atoms with E-state index in [1.807, 2.05) is 13.0 Å². The van der Waals surface area contributed by atoms with Gasteiger partial charge in [0.1, 0.15) is 0 Å².